The van der Waals surface area contributed by atoms with E-state index in [1.54, 1.807) is 43.1 Å². The molecule has 0 saturated carbocycles. The molecule has 5 heteroatoms. The van der Waals surface area contributed by atoms with Crippen LogP contribution in [-0.4, -0.2) is 31.1 Å². The smallest absolute Gasteiger partial charge is 0.225 e. The number of nitrogens with two attached hydrogens (primary N) is 1. The molecule has 0 radical (unpaired) electrons. The Hall–Kier alpha value is -1.20. The van der Waals surface area contributed by atoms with Gasteiger partial charge in [-0.1, -0.05) is 0 Å². The number of methoxy groups -OCH3 is 1. The van der Waals surface area contributed by atoms with E-state index in [4.69, 9.17) is 10.5 Å². The number of hydrogen-bond donors (Lipinski definition) is 2. The molecule has 0 heterocycles. The first-order valence-electron chi connectivity index (χ1n) is 5.94. The number of rotatable bonds is 8. The molecule has 1 aromatic rings. The van der Waals surface area contributed by atoms with Gasteiger partial charge >= 0.3 is 0 Å². The summed E-state index contributed by atoms with van der Waals surface area (Å²) in [6, 6.07) is 7.15. The molecule has 0 aromatic heterocycles. The first-order valence-corrected chi connectivity index (χ1v) is 7.10. The van der Waals surface area contributed by atoms with Crippen molar-refractivity contribution in [3.63, 3.8) is 0 Å². The lowest BCUT2D eigenvalue weighted by Crippen LogP contribution is -2.12. The molecule has 0 bridgehead atoms. The minimum atomic E-state index is 0.0408. The number of benzene rings is 1. The van der Waals surface area contributed by atoms with Crippen molar-refractivity contribution in [2.24, 2.45) is 0 Å². The summed E-state index contributed by atoms with van der Waals surface area (Å²) in [7, 11) is 1.70. The standard InChI is InChI=1S/C13H20N2O2S/c1-17-8-2-9-18-10-7-13(16)15-12-5-3-11(14)4-6-12/h3-6H,2,7-10,14H2,1H3,(H,15,16). The van der Waals surface area contributed by atoms with Crippen molar-refractivity contribution in [3.05, 3.63) is 24.3 Å². The zero-order valence-electron chi connectivity index (χ0n) is 10.6. The van der Waals surface area contributed by atoms with E-state index < -0.39 is 0 Å². The van der Waals surface area contributed by atoms with Crippen molar-refractivity contribution in [1.29, 1.82) is 0 Å². The second-order valence-electron chi connectivity index (χ2n) is 3.88. The average molecular weight is 268 g/mol. The monoisotopic (exact) mass is 268 g/mol. The lowest BCUT2D eigenvalue weighted by atomic mass is 10.3. The maximum atomic E-state index is 11.6. The Bertz CT molecular complexity index is 355. The van der Waals surface area contributed by atoms with Crippen molar-refractivity contribution < 1.29 is 9.53 Å². The van der Waals surface area contributed by atoms with E-state index in [9.17, 15) is 4.79 Å². The number of carbonyl (C=O) groups is 1. The topological polar surface area (TPSA) is 64.3 Å². The molecule has 1 rings (SSSR count). The van der Waals surface area contributed by atoms with Crippen LogP contribution in [0.3, 0.4) is 0 Å². The van der Waals surface area contributed by atoms with E-state index in [-0.39, 0.29) is 5.91 Å². The molecule has 0 saturated heterocycles. The third kappa shape index (κ3) is 6.51. The summed E-state index contributed by atoms with van der Waals surface area (Å²) < 4.78 is 4.96. The second-order valence-corrected chi connectivity index (χ2v) is 5.10. The van der Waals surface area contributed by atoms with Crippen LogP contribution in [0.15, 0.2) is 24.3 Å². The Balaban J connectivity index is 2.12. The van der Waals surface area contributed by atoms with Crippen LogP contribution in [0.5, 0.6) is 0 Å². The van der Waals surface area contributed by atoms with Crippen LogP contribution in [0.2, 0.25) is 0 Å². The zero-order chi connectivity index (χ0) is 13.2. The molecule has 0 aliphatic heterocycles. The highest BCUT2D eigenvalue weighted by Crippen LogP contribution is 2.11. The van der Waals surface area contributed by atoms with Crippen LogP contribution in [0, 0.1) is 0 Å². The molecule has 1 aromatic carbocycles. The minimum absolute atomic E-state index is 0.0408. The molecule has 4 nitrogen and oxygen atoms in total. The number of ether oxygens (including phenoxy) is 1. The average Bonchev–Trinajstić information content (AvgIpc) is 2.36. The third-order valence-corrected chi connectivity index (χ3v) is 3.38. The highest BCUT2D eigenvalue weighted by Gasteiger charge is 2.02. The lowest BCUT2D eigenvalue weighted by Gasteiger charge is -2.05. The molecular weight excluding hydrogens is 248 g/mol. The predicted octanol–water partition coefficient (Wildman–Crippen LogP) is 2.37. The van der Waals surface area contributed by atoms with Gasteiger partial charge in [-0.05, 0) is 36.4 Å². The summed E-state index contributed by atoms with van der Waals surface area (Å²) in [5.41, 5.74) is 7.06. The van der Waals surface area contributed by atoms with Crippen LogP contribution in [0.25, 0.3) is 0 Å². The van der Waals surface area contributed by atoms with E-state index in [2.05, 4.69) is 5.32 Å². The number of nitrogen functional groups attached to an aromatic ring is 1. The lowest BCUT2D eigenvalue weighted by molar-refractivity contribution is -0.115. The highest BCUT2D eigenvalue weighted by molar-refractivity contribution is 7.99. The Kier molecular flexibility index (Phi) is 7.29. The Labute approximate surface area is 112 Å². The summed E-state index contributed by atoms with van der Waals surface area (Å²) in [6.07, 6.45) is 1.56. The molecular formula is C13H20N2O2S. The van der Waals surface area contributed by atoms with Gasteiger partial charge in [-0.3, -0.25) is 4.79 Å². The first-order chi connectivity index (χ1) is 8.72. The quantitative estimate of drug-likeness (QED) is 0.561. The van der Waals surface area contributed by atoms with Crippen LogP contribution in [0.4, 0.5) is 11.4 Å². The van der Waals surface area contributed by atoms with Gasteiger partial charge in [0, 0.05) is 37.3 Å². The van der Waals surface area contributed by atoms with Crippen molar-refractivity contribution >= 4 is 29.0 Å². The van der Waals surface area contributed by atoms with Gasteiger partial charge in [-0.25, -0.2) is 0 Å². The molecule has 0 fully saturated rings. The maximum Gasteiger partial charge on any atom is 0.225 e. The highest BCUT2D eigenvalue weighted by atomic mass is 32.2. The zero-order valence-corrected chi connectivity index (χ0v) is 11.5. The predicted molar refractivity (Wildman–Crippen MR) is 77.9 cm³/mol. The third-order valence-electron chi connectivity index (χ3n) is 2.31. The molecule has 0 aliphatic rings. The van der Waals surface area contributed by atoms with E-state index in [0.29, 0.717) is 12.1 Å². The van der Waals surface area contributed by atoms with Gasteiger partial charge in [0.15, 0.2) is 0 Å². The molecule has 0 unspecified atom stereocenters. The van der Waals surface area contributed by atoms with Crippen molar-refractivity contribution in [1.82, 2.24) is 0 Å². The van der Waals surface area contributed by atoms with Gasteiger partial charge < -0.3 is 15.8 Å². The molecule has 0 spiro atoms. The molecule has 3 N–H and O–H groups in total. The molecule has 1 amide bonds. The molecule has 18 heavy (non-hydrogen) atoms. The fraction of sp³-hybridized carbons (Fsp3) is 0.462. The van der Waals surface area contributed by atoms with Gasteiger partial charge in [0.05, 0.1) is 0 Å². The summed E-state index contributed by atoms with van der Waals surface area (Å²) in [6.45, 7) is 0.782. The van der Waals surface area contributed by atoms with Gasteiger partial charge in [-0.2, -0.15) is 11.8 Å². The fourth-order valence-electron chi connectivity index (χ4n) is 1.36. The van der Waals surface area contributed by atoms with Gasteiger partial charge in [0.2, 0.25) is 5.91 Å². The van der Waals surface area contributed by atoms with Crippen LogP contribution in [0.1, 0.15) is 12.8 Å². The summed E-state index contributed by atoms with van der Waals surface area (Å²) in [4.78, 5) is 11.6. The fourth-order valence-corrected chi connectivity index (χ4v) is 2.22. The first kappa shape index (κ1) is 14.9. The van der Waals surface area contributed by atoms with Gasteiger partial charge in [-0.15, -0.1) is 0 Å². The summed E-state index contributed by atoms with van der Waals surface area (Å²) in [5, 5.41) is 2.84. The number of carbonyl (C=O) groups excluding carboxylic acids is 1. The van der Waals surface area contributed by atoms with Crippen LogP contribution >= 0.6 is 11.8 Å². The van der Waals surface area contributed by atoms with Gasteiger partial charge in [0.1, 0.15) is 0 Å². The SMILES string of the molecule is COCCCSCCC(=O)Nc1ccc(N)cc1. The van der Waals surface area contributed by atoms with Gasteiger partial charge in [0.25, 0.3) is 0 Å². The van der Waals surface area contributed by atoms with Crippen LogP contribution < -0.4 is 11.1 Å². The number of amides is 1. The van der Waals surface area contributed by atoms with Crippen LogP contribution in [-0.2, 0) is 9.53 Å². The van der Waals surface area contributed by atoms with Crippen molar-refractivity contribution in [3.8, 4) is 0 Å². The Morgan fingerprint density at radius 2 is 2.06 bits per heavy atom. The van der Waals surface area contributed by atoms with E-state index >= 15 is 0 Å². The maximum absolute atomic E-state index is 11.6. The minimum Gasteiger partial charge on any atom is -0.399 e. The Morgan fingerprint density at radius 1 is 1.33 bits per heavy atom. The van der Waals surface area contributed by atoms with Crippen molar-refractivity contribution in [2.45, 2.75) is 12.8 Å². The normalized spacial score (nSPS) is 10.3. The Morgan fingerprint density at radius 3 is 2.72 bits per heavy atom. The number of hydrogen-bond acceptors (Lipinski definition) is 4. The van der Waals surface area contributed by atoms with E-state index in [1.807, 2.05) is 0 Å². The molecule has 0 aliphatic carbocycles. The largest absolute Gasteiger partial charge is 0.399 e. The second kappa shape index (κ2) is 8.83. The van der Waals surface area contributed by atoms with E-state index in [1.165, 1.54) is 0 Å². The number of anilines is 2. The van der Waals surface area contributed by atoms with Crippen molar-refractivity contribution in [2.75, 3.05) is 36.3 Å². The number of nitrogens with one attached hydrogen (secondary N) is 1. The molecule has 0 atom stereocenters. The molecule has 100 valence electrons. The van der Waals surface area contributed by atoms with E-state index in [0.717, 1.165) is 30.2 Å². The summed E-state index contributed by atoms with van der Waals surface area (Å²) in [5.74, 6) is 1.91. The summed E-state index contributed by atoms with van der Waals surface area (Å²) >= 11 is 1.77. The number of thioether (sulfide) groups is 1.